The Morgan fingerprint density at radius 3 is 2.46 bits per heavy atom. The summed E-state index contributed by atoms with van der Waals surface area (Å²) in [5.74, 6) is -0.858. The Morgan fingerprint density at radius 1 is 1.12 bits per heavy atom. The second-order valence-electron chi connectivity index (χ2n) is 6.26. The first-order chi connectivity index (χ1) is 11.4. The topological polar surface area (TPSA) is 110 Å². The molecule has 8 heteroatoms. The zero-order chi connectivity index (χ0) is 17.3. The van der Waals surface area contributed by atoms with Crippen LogP contribution in [0.4, 0.5) is 11.4 Å². The molecule has 0 aromatic heterocycles. The van der Waals surface area contributed by atoms with Crippen molar-refractivity contribution in [1.82, 2.24) is 5.32 Å². The number of nitrogens with zero attached hydrogens (tertiary/aromatic N) is 2. The molecule has 0 saturated carbocycles. The fourth-order valence-electron chi connectivity index (χ4n) is 3.38. The summed E-state index contributed by atoms with van der Waals surface area (Å²) in [7, 11) is 0. The van der Waals surface area contributed by atoms with Crippen molar-refractivity contribution < 1.29 is 19.3 Å². The number of carbonyl (C=O) groups is 3. The van der Waals surface area contributed by atoms with Crippen LogP contribution in [0.25, 0.3) is 0 Å². The maximum atomic E-state index is 12.6. The van der Waals surface area contributed by atoms with E-state index in [0.29, 0.717) is 37.9 Å². The van der Waals surface area contributed by atoms with Gasteiger partial charge in [-0.15, -0.1) is 0 Å². The first-order valence-corrected chi connectivity index (χ1v) is 7.80. The van der Waals surface area contributed by atoms with E-state index in [2.05, 4.69) is 5.32 Å². The van der Waals surface area contributed by atoms with Gasteiger partial charge in [0.25, 0.3) is 5.69 Å². The van der Waals surface area contributed by atoms with Gasteiger partial charge in [0.1, 0.15) is 0 Å². The molecule has 1 spiro atoms. The van der Waals surface area contributed by atoms with Gasteiger partial charge in [-0.25, -0.2) is 0 Å². The van der Waals surface area contributed by atoms with Crippen molar-refractivity contribution in [3.8, 4) is 0 Å². The van der Waals surface area contributed by atoms with Gasteiger partial charge in [-0.3, -0.25) is 29.8 Å². The molecule has 1 unspecified atom stereocenters. The Hall–Kier alpha value is -2.77. The smallest absolute Gasteiger partial charge is 0.269 e. The average molecular weight is 331 g/mol. The summed E-state index contributed by atoms with van der Waals surface area (Å²) < 4.78 is 0. The van der Waals surface area contributed by atoms with Crippen LogP contribution < -0.4 is 10.2 Å². The molecule has 2 aliphatic rings. The van der Waals surface area contributed by atoms with E-state index in [-0.39, 0.29) is 29.8 Å². The number of amides is 3. The number of piperidine rings is 1. The normalized spacial score (nSPS) is 24.7. The van der Waals surface area contributed by atoms with E-state index in [1.54, 1.807) is 0 Å². The Kier molecular flexibility index (Phi) is 4.04. The average Bonchev–Trinajstić information content (AvgIpc) is 2.67. The van der Waals surface area contributed by atoms with Gasteiger partial charge in [-0.05, 0) is 31.4 Å². The zero-order valence-corrected chi connectivity index (χ0v) is 13.0. The van der Waals surface area contributed by atoms with Crippen molar-refractivity contribution in [3.63, 3.8) is 0 Å². The summed E-state index contributed by atoms with van der Waals surface area (Å²) in [6.07, 6.45) is 1.92. The lowest BCUT2D eigenvalue weighted by Gasteiger charge is -2.39. The third kappa shape index (κ3) is 2.86. The number of nitro groups is 1. The zero-order valence-electron chi connectivity index (χ0n) is 13.0. The molecule has 2 fully saturated rings. The highest BCUT2D eigenvalue weighted by Crippen LogP contribution is 2.40. The quantitative estimate of drug-likeness (QED) is 0.502. The first-order valence-electron chi connectivity index (χ1n) is 7.80. The fourth-order valence-corrected chi connectivity index (χ4v) is 3.38. The molecular formula is C16H17N3O5. The maximum Gasteiger partial charge on any atom is 0.269 e. The molecule has 0 radical (unpaired) electrons. The molecule has 2 heterocycles. The minimum Gasteiger partial charge on any atom is -0.312 e. The third-order valence-corrected chi connectivity index (χ3v) is 4.77. The molecule has 1 atom stereocenters. The Bertz CT molecular complexity index is 715. The number of hydrogen-bond donors (Lipinski definition) is 1. The maximum absolute atomic E-state index is 12.6. The molecule has 0 bridgehead atoms. The van der Waals surface area contributed by atoms with Gasteiger partial charge in [-0.2, -0.15) is 0 Å². The SMILES string of the molecule is O=C1CCCC2(CCN(c3ccc([N+](=O)[O-])cc3)C(=O)C2)C(=O)N1. The van der Waals surface area contributed by atoms with Crippen molar-refractivity contribution in [2.24, 2.45) is 5.41 Å². The molecule has 2 saturated heterocycles. The van der Waals surface area contributed by atoms with Gasteiger partial charge in [-0.1, -0.05) is 0 Å². The van der Waals surface area contributed by atoms with Gasteiger partial charge >= 0.3 is 0 Å². The third-order valence-electron chi connectivity index (χ3n) is 4.77. The number of rotatable bonds is 2. The predicted octanol–water partition coefficient (Wildman–Crippen LogP) is 1.53. The van der Waals surface area contributed by atoms with Gasteiger partial charge in [0.05, 0.1) is 10.3 Å². The van der Waals surface area contributed by atoms with Crippen LogP contribution in [-0.4, -0.2) is 29.2 Å². The molecule has 2 aliphatic heterocycles. The standard InChI is InChI=1S/C16H17N3O5/c20-13-2-1-7-16(15(22)17-13)8-9-18(14(21)10-16)11-3-5-12(6-4-11)19(23)24/h3-6H,1-2,7-10H2,(H,17,20,22). The number of carbonyl (C=O) groups excluding carboxylic acids is 3. The molecule has 1 N–H and O–H groups in total. The lowest BCUT2D eigenvalue weighted by molar-refractivity contribution is -0.384. The van der Waals surface area contributed by atoms with E-state index in [1.165, 1.54) is 29.2 Å². The number of nitro benzene ring substituents is 1. The molecule has 0 aliphatic carbocycles. The van der Waals surface area contributed by atoms with Crippen LogP contribution in [0.2, 0.25) is 0 Å². The van der Waals surface area contributed by atoms with Crippen molar-refractivity contribution in [2.75, 3.05) is 11.4 Å². The Morgan fingerprint density at radius 2 is 1.83 bits per heavy atom. The minimum absolute atomic E-state index is 0.0404. The molecule has 1 aromatic rings. The van der Waals surface area contributed by atoms with Gasteiger partial charge < -0.3 is 4.90 Å². The van der Waals surface area contributed by atoms with Crippen LogP contribution in [0.15, 0.2) is 24.3 Å². The predicted molar refractivity (Wildman–Crippen MR) is 84.1 cm³/mol. The van der Waals surface area contributed by atoms with E-state index >= 15 is 0 Å². The summed E-state index contributed by atoms with van der Waals surface area (Å²) in [6, 6.07) is 5.77. The van der Waals surface area contributed by atoms with Gasteiger partial charge in [0.15, 0.2) is 0 Å². The highest BCUT2D eigenvalue weighted by Gasteiger charge is 2.46. The van der Waals surface area contributed by atoms with Crippen LogP contribution >= 0.6 is 0 Å². The molecule has 126 valence electrons. The fraction of sp³-hybridized carbons (Fsp3) is 0.438. The van der Waals surface area contributed by atoms with Crippen molar-refractivity contribution >= 4 is 29.1 Å². The van der Waals surface area contributed by atoms with E-state index in [9.17, 15) is 24.5 Å². The summed E-state index contributed by atoms with van der Waals surface area (Å²) in [4.78, 5) is 48.1. The van der Waals surface area contributed by atoms with Crippen LogP contribution in [0.1, 0.15) is 32.1 Å². The summed E-state index contributed by atoms with van der Waals surface area (Å²) in [6.45, 7) is 0.345. The van der Waals surface area contributed by atoms with Crippen molar-refractivity contribution in [3.05, 3.63) is 34.4 Å². The number of imide groups is 1. The summed E-state index contributed by atoms with van der Waals surface area (Å²) in [5.41, 5.74) is -0.285. The van der Waals surface area contributed by atoms with E-state index < -0.39 is 10.3 Å². The summed E-state index contributed by atoms with van der Waals surface area (Å²) in [5, 5.41) is 13.1. The largest absolute Gasteiger partial charge is 0.312 e. The molecule has 8 nitrogen and oxygen atoms in total. The highest BCUT2D eigenvalue weighted by atomic mass is 16.6. The second-order valence-corrected chi connectivity index (χ2v) is 6.26. The van der Waals surface area contributed by atoms with Crippen LogP contribution in [0, 0.1) is 15.5 Å². The minimum atomic E-state index is -0.819. The van der Waals surface area contributed by atoms with Gasteiger partial charge in [0, 0.05) is 37.2 Å². The Labute approximate surface area is 138 Å². The molecule has 3 rings (SSSR count). The van der Waals surface area contributed by atoms with E-state index in [1.807, 2.05) is 0 Å². The Balaban J connectivity index is 1.77. The molecular weight excluding hydrogens is 314 g/mol. The lowest BCUT2D eigenvalue weighted by atomic mass is 9.74. The molecule has 3 amide bonds. The number of hydrogen-bond acceptors (Lipinski definition) is 5. The van der Waals surface area contributed by atoms with Crippen molar-refractivity contribution in [1.29, 1.82) is 0 Å². The number of benzene rings is 1. The van der Waals surface area contributed by atoms with Crippen LogP contribution in [0.3, 0.4) is 0 Å². The molecule has 24 heavy (non-hydrogen) atoms. The first kappa shape index (κ1) is 16.1. The van der Waals surface area contributed by atoms with Gasteiger partial charge in [0.2, 0.25) is 17.7 Å². The second kappa shape index (κ2) is 6.03. The van der Waals surface area contributed by atoms with Crippen molar-refractivity contribution in [2.45, 2.75) is 32.1 Å². The van der Waals surface area contributed by atoms with E-state index in [4.69, 9.17) is 0 Å². The highest BCUT2D eigenvalue weighted by molar-refractivity contribution is 6.04. The number of anilines is 1. The number of non-ortho nitro benzene ring substituents is 1. The van der Waals surface area contributed by atoms with E-state index in [0.717, 1.165) is 0 Å². The van der Waals surface area contributed by atoms with Crippen LogP contribution in [-0.2, 0) is 14.4 Å². The number of nitrogens with one attached hydrogen (secondary N) is 1. The summed E-state index contributed by atoms with van der Waals surface area (Å²) >= 11 is 0. The van der Waals surface area contributed by atoms with Crippen LogP contribution in [0.5, 0.6) is 0 Å². The lowest BCUT2D eigenvalue weighted by Crippen LogP contribution is -2.51. The monoisotopic (exact) mass is 331 g/mol. The molecule has 1 aromatic carbocycles.